The van der Waals surface area contributed by atoms with Gasteiger partial charge in [0.1, 0.15) is 16.6 Å². The number of hydrogen-bond acceptors (Lipinski definition) is 6. The van der Waals surface area contributed by atoms with E-state index in [4.69, 9.17) is 18.0 Å². The van der Waals surface area contributed by atoms with Crippen LogP contribution in [0.4, 0.5) is 10.9 Å². The van der Waals surface area contributed by atoms with Crippen molar-refractivity contribution in [2.45, 2.75) is 13.8 Å². The Morgan fingerprint density at radius 3 is 2.71 bits per heavy atom. The van der Waals surface area contributed by atoms with Crippen molar-refractivity contribution in [1.29, 1.82) is 0 Å². The average molecular weight is 265 g/mol. The van der Waals surface area contributed by atoms with Crippen molar-refractivity contribution in [3.05, 3.63) is 29.2 Å². The van der Waals surface area contributed by atoms with Gasteiger partial charge in [-0.15, -0.1) is 0 Å². The number of thiocarbonyl (C=S) groups is 1. The molecule has 2 aromatic heterocycles. The highest BCUT2D eigenvalue weighted by atomic mass is 32.1. The third-order valence-corrected chi connectivity index (χ3v) is 2.96. The van der Waals surface area contributed by atoms with Crippen LogP contribution in [0.5, 0.6) is 0 Å². The number of aromatic nitrogens is 3. The molecule has 0 fully saturated rings. The van der Waals surface area contributed by atoms with Gasteiger partial charge in [-0.05, 0) is 26.0 Å². The first kappa shape index (κ1) is 11.9. The molecule has 7 heteroatoms. The van der Waals surface area contributed by atoms with E-state index in [1.807, 2.05) is 19.9 Å². The Labute approximate surface area is 108 Å². The summed E-state index contributed by atoms with van der Waals surface area (Å²) < 4.78 is 4.08. The van der Waals surface area contributed by atoms with E-state index in [0.29, 0.717) is 15.9 Å². The first-order chi connectivity index (χ1) is 8.04. The van der Waals surface area contributed by atoms with Crippen LogP contribution in [0.15, 0.2) is 12.1 Å². The average Bonchev–Trinajstić information content (AvgIpc) is 2.63. The monoisotopic (exact) mass is 265 g/mol. The molecule has 0 saturated heterocycles. The SMILES string of the molecule is Cc1cc(C(N)=S)cc(Nc2nc(C)ns2)n1. The Balaban J connectivity index is 2.29. The minimum absolute atomic E-state index is 0.354. The van der Waals surface area contributed by atoms with Crippen LogP contribution in [0.2, 0.25) is 0 Å². The highest BCUT2D eigenvalue weighted by Gasteiger charge is 2.05. The third kappa shape index (κ3) is 2.95. The number of nitrogens with two attached hydrogens (primary N) is 1. The topological polar surface area (TPSA) is 76.7 Å². The molecule has 0 aliphatic carbocycles. The minimum Gasteiger partial charge on any atom is -0.389 e. The molecule has 0 aliphatic rings. The highest BCUT2D eigenvalue weighted by Crippen LogP contribution is 2.18. The predicted molar refractivity (Wildman–Crippen MR) is 72.8 cm³/mol. The minimum atomic E-state index is 0.354. The summed E-state index contributed by atoms with van der Waals surface area (Å²) in [5.41, 5.74) is 7.23. The number of nitrogens with one attached hydrogen (secondary N) is 1. The summed E-state index contributed by atoms with van der Waals surface area (Å²) in [4.78, 5) is 8.89. The molecule has 0 unspecified atom stereocenters. The van der Waals surface area contributed by atoms with E-state index in [1.165, 1.54) is 11.5 Å². The van der Waals surface area contributed by atoms with Gasteiger partial charge in [-0.2, -0.15) is 4.37 Å². The van der Waals surface area contributed by atoms with Crippen molar-refractivity contribution in [1.82, 2.24) is 14.3 Å². The Hall–Kier alpha value is -1.60. The van der Waals surface area contributed by atoms with Crippen LogP contribution in [-0.2, 0) is 0 Å². The maximum Gasteiger partial charge on any atom is 0.208 e. The Kier molecular flexibility index (Phi) is 3.30. The smallest absolute Gasteiger partial charge is 0.208 e. The van der Waals surface area contributed by atoms with Gasteiger partial charge in [0.05, 0.1) is 0 Å². The van der Waals surface area contributed by atoms with E-state index < -0.39 is 0 Å². The van der Waals surface area contributed by atoms with Crippen molar-refractivity contribution in [3.8, 4) is 0 Å². The highest BCUT2D eigenvalue weighted by molar-refractivity contribution is 7.80. The van der Waals surface area contributed by atoms with E-state index in [9.17, 15) is 0 Å². The fourth-order valence-electron chi connectivity index (χ4n) is 1.33. The van der Waals surface area contributed by atoms with Gasteiger partial charge in [-0.1, -0.05) is 12.2 Å². The van der Waals surface area contributed by atoms with E-state index >= 15 is 0 Å². The summed E-state index contributed by atoms with van der Waals surface area (Å²) in [6, 6.07) is 3.64. The molecule has 2 rings (SSSR count). The molecule has 2 heterocycles. The number of pyridine rings is 1. The van der Waals surface area contributed by atoms with Crippen molar-refractivity contribution in [2.75, 3.05) is 5.32 Å². The lowest BCUT2D eigenvalue weighted by Gasteiger charge is -2.05. The van der Waals surface area contributed by atoms with Gasteiger partial charge >= 0.3 is 0 Å². The molecule has 17 heavy (non-hydrogen) atoms. The zero-order chi connectivity index (χ0) is 12.4. The van der Waals surface area contributed by atoms with Crippen LogP contribution < -0.4 is 11.1 Å². The van der Waals surface area contributed by atoms with Gasteiger partial charge in [0.25, 0.3) is 0 Å². The summed E-state index contributed by atoms with van der Waals surface area (Å²) in [6.07, 6.45) is 0. The van der Waals surface area contributed by atoms with Gasteiger partial charge in [0.2, 0.25) is 5.13 Å². The number of nitrogens with zero attached hydrogens (tertiary/aromatic N) is 3. The lowest BCUT2D eigenvalue weighted by Crippen LogP contribution is -2.10. The predicted octanol–water partition coefficient (Wildman–Crippen LogP) is 1.93. The van der Waals surface area contributed by atoms with Crippen molar-refractivity contribution >= 4 is 39.7 Å². The van der Waals surface area contributed by atoms with E-state index in [-0.39, 0.29) is 0 Å². The maximum atomic E-state index is 5.60. The summed E-state index contributed by atoms with van der Waals surface area (Å²) in [7, 11) is 0. The molecule has 0 saturated carbocycles. The lowest BCUT2D eigenvalue weighted by molar-refractivity contribution is 1.15. The first-order valence-electron chi connectivity index (χ1n) is 4.90. The third-order valence-electron chi connectivity index (χ3n) is 2.00. The molecule has 0 amide bonds. The first-order valence-corrected chi connectivity index (χ1v) is 6.08. The quantitative estimate of drug-likeness (QED) is 0.826. The number of rotatable bonds is 3. The summed E-state index contributed by atoms with van der Waals surface area (Å²) in [6.45, 7) is 3.73. The second-order valence-electron chi connectivity index (χ2n) is 3.52. The largest absolute Gasteiger partial charge is 0.389 e. The van der Waals surface area contributed by atoms with Gasteiger partial charge in [0, 0.05) is 22.8 Å². The van der Waals surface area contributed by atoms with Crippen LogP contribution in [0.25, 0.3) is 0 Å². The molecule has 3 N–H and O–H groups in total. The van der Waals surface area contributed by atoms with Gasteiger partial charge in [-0.25, -0.2) is 9.97 Å². The molecule has 5 nitrogen and oxygen atoms in total. The number of aryl methyl sites for hydroxylation is 2. The molecule has 0 bridgehead atoms. The van der Waals surface area contributed by atoms with Crippen molar-refractivity contribution < 1.29 is 0 Å². The standard InChI is InChI=1S/C10H11N5S2/c1-5-3-7(9(11)16)4-8(12-5)14-10-13-6(2)15-17-10/h3-4H,1-2H3,(H2,11,16)(H,12,13,14,15). The zero-order valence-electron chi connectivity index (χ0n) is 9.39. The summed E-state index contributed by atoms with van der Waals surface area (Å²) in [5.74, 6) is 1.41. The van der Waals surface area contributed by atoms with Crippen LogP contribution in [-0.4, -0.2) is 19.3 Å². The molecule has 2 aromatic rings. The van der Waals surface area contributed by atoms with Crippen LogP contribution >= 0.6 is 23.8 Å². The van der Waals surface area contributed by atoms with Gasteiger partial charge in [0.15, 0.2) is 0 Å². The Morgan fingerprint density at radius 1 is 1.35 bits per heavy atom. The Bertz CT molecular complexity index is 564. The van der Waals surface area contributed by atoms with E-state index in [2.05, 4.69) is 19.7 Å². The van der Waals surface area contributed by atoms with E-state index in [1.54, 1.807) is 6.07 Å². The molecular formula is C10H11N5S2. The number of hydrogen-bond donors (Lipinski definition) is 2. The van der Waals surface area contributed by atoms with Gasteiger partial charge in [-0.3, -0.25) is 0 Å². The fraction of sp³-hybridized carbons (Fsp3) is 0.200. The molecule has 0 radical (unpaired) electrons. The van der Waals surface area contributed by atoms with Crippen LogP contribution in [0, 0.1) is 13.8 Å². The van der Waals surface area contributed by atoms with Crippen molar-refractivity contribution in [3.63, 3.8) is 0 Å². The molecule has 0 spiro atoms. The number of anilines is 2. The van der Waals surface area contributed by atoms with Crippen molar-refractivity contribution in [2.24, 2.45) is 5.73 Å². The lowest BCUT2D eigenvalue weighted by atomic mass is 10.2. The molecule has 0 aromatic carbocycles. The maximum absolute atomic E-state index is 5.60. The second kappa shape index (κ2) is 4.72. The van der Waals surface area contributed by atoms with Crippen LogP contribution in [0.1, 0.15) is 17.1 Å². The normalized spacial score (nSPS) is 10.2. The van der Waals surface area contributed by atoms with Crippen LogP contribution in [0.3, 0.4) is 0 Å². The second-order valence-corrected chi connectivity index (χ2v) is 4.71. The molecule has 88 valence electrons. The Morgan fingerprint density at radius 2 is 2.12 bits per heavy atom. The van der Waals surface area contributed by atoms with Gasteiger partial charge < -0.3 is 11.1 Å². The zero-order valence-corrected chi connectivity index (χ0v) is 11.0. The molecular weight excluding hydrogens is 254 g/mol. The molecule has 0 atom stereocenters. The van der Waals surface area contributed by atoms with E-state index in [0.717, 1.165) is 17.1 Å². The molecule has 0 aliphatic heterocycles. The fourth-order valence-corrected chi connectivity index (χ4v) is 2.03. The summed E-state index contributed by atoms with van der Waals surface area (Å²) >= 11 is 6.24. The summed E-state index contributed by atoms with van der Waals surface area (Å²) in [5, 5.41) is 3.78.